The van der Waals surface area contributed by atoms with Crippen LogP contribution in [0.1, 0.15) is 49.3 Å². The summed E-state index contributed by atoms with van der Waals surface area (Å²) >= 11 is 0. The van der Waals surface area contributed by atoms with Gasteiger partial charge in [0.15, 0.2) is 11.8 Å². The van der Waals surface area contributed by atoms with E-state index < -0.39 is 0 Å². The molecule has 0 spiro atoms. The number of methoxy groups -OCH3 is 2. The zero-order valence-electron chi connectivity index (χ0n) is 19.3. The third-order valence-electron chi connectivity index (χ3n) is 6.06. The largest absolute Gasteiger partial charge is 0.497 e. The number of aryl methyl sites for hydroxylation is 1. The van der Waals surface area contributed by atoms with Crippen LogP contribution in [-0.2, 0) is 30.9 Å². The molecule has 2 aliphatic rings. The van der Waals surface area contributed by atoms with Gasteiger partial charge in [-0.2, -0.15) is 5.10 Å². The summed E-state index contributed by atoms with van der Waals surface area (Å²) in [4.78, 5) is 8.96. The maximum absolute atomic E-state index is 6.32. The Labute approximate surface area is 189 Å². The van der Waals surface area contributed by atoms with E-state index in [1.165, 1.54) is 12.8 Å². The molecule has 0 bridgehead atoms. The first-order valence-electron chi connectivity index (χ1n) is 11.4. The summed E-state index contributed by atoms with van der Waals surface area (Å²) in [5.74, 6) is 4.21. The smallest absolute Gasteiger partial charge is 0.191 e. The Morgan fingerprint density at radius 1 is 1.22 bits per heavy atom. The van der Waals surface area contributed by atoms with Crippen molar-refractivity contribution in [2.24, 2.45) is 4.99 Å². The van der Waals surface area contributed by atoms with Crippen LogP contribution in [0.5, 0.6) is 11.5 Å². The summed E-state index contributed by atoms with van der Waals surface area (Å²) in [5.41, 5.74) is 1.09. The van der Waals surface area contributed by atoms with Gasteiger partial charge in [0.1, 0.15) is 23.9 Å². The minimum absolute atomic E-state index is 0.232. The van der Waals surface area contributed by atoms with Gasteiger partial charge in [-0.25, -0.2) is 9.67 Å². The van der Waals surface area contributed by atoms with Crippen molar-refractivity contribution in [3.63, 3.8) is 0 Å². The highest BCUT2D eigenvalue weighted by molar-refractivity contribution is 5.80. The number of nitrogens with zero attached hydrogens (tertiary/aromatic N) is 4. The number of nitrogens with one attached hydrogen (secondary N) is 2. The Bertz CT molecular complexity index is 922. The first-order valence-corrected chi connectivity index (χ1v) is 11.4. The molecular formula is C23H34N6O3. The molecule has 2 N–H and O–H groups in total. The lowest BCUT2D eigenvalue weighted by atomic mass is 10.1. The van der Waals surface area contributed by atoms with Crippen molar-refractivity contribution < 1.29 is 14.2 Å². The molecular weight excluding hydrogens is 408 g/mol. The van der Waals surface area contributed by atoms with E-state index >= 15 is 0 Å². The minimum Gasteiger partial charge on any atom is -0.497 e. The number of guanidine groups is 1. The van der Waals surface area contributed by atoms with Gasteiger partial charge in [-0.3, -0.25) is 4.99 Å². The Morgan fingerprint density at radius 2 is 2.06 bits per heavy atom. The third-order valence-corrected chi connectivity index (χ3v) is 6.06. The second-order valence-electron chi connectivity index (χ2n) is 8.36. The van der Waals surface area contributed by atoms with Crippen molar-refractivity contribution in [3.05, 3.63) is 35.4 Å². The van der Waals surface area contributed by atoms with E-state index in [4.69, 9.17) is 14.2 Å². The molecule has 1 aromatic heterocycles. The molecule has 1 fully saturated rings. The van der Waals surface area contributed by atoms with Crippen molar-refractivity contribution in [3.8, 4) is 11.5 Å². The number of hydrogen-bond donors (Lipinski definition) is 2. The molecule has 1 aliphatic carbocycles. The lowest BCUT2D eigenvalue weighted by Crippen LogP contribution is -2.46. The zero-order chi connectivity index (χ0) is 22.3. The second kappa shape index (κ2) is 10.7. The molecule has 9 heteroatoms. The van der Waals surface area contributed by atoms with Crippen molar-refractivity contribution in [1.29, 1.82) is 0 Å². The number of hydrogen-bond acceptors (Lipinski definition) is 6. The van der Waals surface area contributed by atoms with Gasteiger partial charge in [-0.15, -0.1) is 0 Å². The third kappa shape index (κ3) is 5.51. The number of fused-ring (bicyclic) bond motifs is 1. The molecule has 2 aromatic rings. The summed E-state index contributed by atoms with van der Waals surface area (Å²) in [6, 6.07) is 6.25. The Hall–Kier alpha value is -2.81. The number of aliphatic imine (C=N–C) groups is 1. The van der Waals surface area contributed by atoms with E-state index in [9.17, 15) is 0 Å². The van der Waals surface area contributed by atoms with Crippen LogP contribution in [0, 0.1) is 0 Å². The fourth-order valence-corrected chi connectivity index (χ4v) is 4.34. The number of benzene rings is 1. The van der Waals surface area contributed by atoms with Gasteiger partial charge in [-0.05, 0) is 44.2 Å². The predicted octanol–water partition coefficient (Wildman–Crippen LogP) is 2.43. The van der Waals surface area contributed by atoms with E-state index in [1.807, 2.05) is 16.8 Å². The summed E-state index contributed by atoms with van der Waals surface area (Å²) in [5, 5.41) is 11.5. The van der Waals surface area contributed by atoms with Crippen molar-refractivity contribution >= 4 is 5.96 Å². The van der Waals surface area contributed by atoms with E-state index in [0.717, 1.165) is 66.9 Å². The molecule has 0 amide bonds. The van der Waals surface area contributed by atoms with Crippen molar-refractivity contribution in [2.45, 2.75) is 70.4 Å². The number of ether oxygens (including phenoxy) is 3. The summed E-state index contributed by atoms with van der Waals surface area (Å²) in [7, 11) is 5.13. The Morgan fingerprint density at radius 3 is 2.81 bits per heavy atom. The number of aromatic nitrogens is 3. The highest BCUT2D eigenvalue weighted by Crippen LogP contribution is 2.30. The lowest BCUT2D eigenvalue weighted by molar-refractivity contribution is 0.177. The fraction of sp³-hybridized carbons (Fsp3) is 0.609. The zero-order valence-corrected chi connectivity index (χ0v) is 19.3. The van der Waals surface area contributed by atoms with E-state index in [1.54, 1.807) is 21.3 Å². The SMILES string of the molecule is CN=C(NCc1ccc(OC)cc1OC1CCCC1)NC1CCc2nc(COC)nn2C1. The first-order chi connectivity index (χ1) is 15.7. The van der Waals surface area contributed by atoms with Crippen LogP contribution < -0.4 is 20.1 Å². The average Bonchev–Trinajstić information content (AvgIpc) is 3.46. The van der Waals surface area contributed by atoms with Crippen molar-refractivity contribution in [1.82, 2.24) is 25.4 Å². The molecule has 0 saturated heterocycles. The van der Waals surface area contributed by atoms with Gasteiger partial charge < -0.3 is 24.8 Å². The first kappa shape index (κ1) is 22.4. The molecule has 0 radical (unpaired) electrons. The second-order valence-corrected chi connectivity index (χ2v) is 8.36. The lowest BCUT2D eigenvalue weighted by Gasteiger charge is -2.25. The van der Waals surface area contributed by atoms with Gasteiger partial charge in [-0.1, -0.05) is 0 Å². The monoisotopic (exact) mass is 442 g/mol. The molecule has 1 saturated carbocycles. The molecule has 9 nitrogen and oxygen atoms in total. The standard InChI is InChI=1S/C23H34N6O3/c1-24-23(26-17-9-11-22-27-21(15-30-2)28-29(22)14-17)25-13-16-8-10-19(31-3)12-20(16)32-18-6-4-5-7-18/h8,10,12,17-18H,4-7,9,11,13-15H2,1-3H3,(H2,24,25,26). The van der Waals surface area contributed by atoms with Gasteiger partial charge >= 0.3 is 0 Å². The average molecular weight is 443 g/mol. The minimum atomic E-state index is 0.232. The molecule has 1 aromatic carbocycles. The Kier molecular flexibility index (Phi) is 7.47. The molecule has 4 rings (SSSR count). The number of rotatable bonds is 8. The van der Waals surface area contributed by atoms with Crippen LogP contribution in [0.25, 0.3) is 0 Å². The quantitative estimate of drug-likeness (QED) is 0.479. The maximum atomic E-state index is 6.32. The van der Waals surface area contributed by atoms with Crippen LogP contribution in [0.3, 0.4) is 0 Å². The maximum Gasteiger partial charge on any atom is 0.191 e. The summed E-state index contributed by atoms with van der Waals surface area (Å²) in [6.07, 6.45) is 6.85. The van der Waals surface area contributed by atoms with E-state index in [2.05, 4.69) is 31.8 Å². The molecule has 2 heterocycles. The normalized spacial score (nSPS) is 19.0. The van der Waals surface area contributed by atoms with Gasteiger partial charge in [0.05, 0.1) is 19.8 Å². The van der Waals surface area contributed by atoms with Gasteiger partial charge in [0.2, 0.25) is 0 Å². The molecule has 1 unspecified atom stereocenters. The van der Waals surface area contributed by atoms with Crippen LogP contribution in [0.2, 0.25) is 0 Å². The predicted molar refractivity (Wildman–Crippen MR) is 122 cm³/mol. The molecule has 174 valence electrons. The topological polar surface area (TPSA) is 94.8 Å². The van der Waals surface area contributed by atoms with E-state index in [-0.39, 0.29) is 6.04 Å². The van der Waals surface area contributed by atoms with Crippen LogP contribution in [-0.4, -0.2) is 54.1 Å². The highest BCUT2D eigenvalue weighted by atomic mass is 16.5. The van der Waals surface area contributed by atoms with Crippen LogP contribution in [0.15, 0.2) is 23.2 Å². The Balaban J connectivity index is 1.36. The van der Waals surface area contributed by atoms with Crippen LogP contribution in [0.4, 0.5) is 0 Å². The highest BCUT2D eigenvalue weighted by Gasteiger charge is 2.23. The summed E-state index contributed by atoms with van der Waals surface area (Å²) in [6.45, 7) is 1.81. The molecule has 1 atom stereocenters. The molecule has 1 aliphatic heterocycles. The van der Waals surface area contributed by atoms with E-state index in [0.29, 0.717) is 19.3 Å². The van der Waals surface area contributed by atoms with Gasteiger partial charge in [0.25, 0.3) is 0 Å². The fourth-order valence-electron chi connectivity index (χ4n) is 4.34. The van der Waals surface area contributed by atoms with Crippen LogP contribution >= 0.6 is 0 Å². The van der Waals surface area contributed by atoms with Gasteiger partial charge in [0, 0.05) is 44.8 Å². The van der Waals surface area contributed by atoms with Crippen molar-refractivity contribution in [2.75, 3.05) is 21.3 Å². The summed E-state index contributed by atoms with van der Waals surface area (Å²) < 4.78 is 18.9. The molecule has 32 heavy (non-hydrogen) atoms.